The number of hydrogen-bond acceptors (Lipinski definition) is 6. The van der Waals surface area contributed by atoms with Gasteiger partial charge < -0.3 is 24.1 Å². The lowest BCUT2D eigenvalue weighted by Crippen LogP contribution is -2.01. The molecule has 6 heteroatoms. The first-order chi connectivity index (χ1) is 12.4. The Morgan fingerprint density at radius 2 is 1.42 bits per heavy atom. The minimum atomic E-state index is -0.225. The highest BCUT2D eigenvalue weighted by molar-refractivity contribution is 6.09. The smallest absolute Gasteiger partial charge is 0.203 e. The number of phenols is 1. The minimum Gasteiger partial charge on any atom is -0.504 e. The lowest BCUT2D eigenvalue weighted by atomic mass is 10.0. The predicted molar refractivity (Wildman–Crippen MR) is 98.7 cm³/mol. The number of ether oxygens (including phenoxy) is 4. The minimum absolute atomic E-state index is 0.0120. The van der Waals surface area contributed by atoms with Gasteiger partial charge in [-0.1, -0.05) is 6.07 Å². The van der Waals surface area contributed by atoms with Gasteiger partial charge in [0.15, 0.2) is 28.8 Å². The number of ketones is 1. The number of phenolic OH excluding ortho intramolecular Hbond substituents is 1. The highest BCUT2D eigenvalue weighted by atomic mass is 16.5. The highest BCUT2D eigenvalue weighted by Crippen LogP contribution is 2.38. The number of allylic oxidation sites excluding steroid dienone is 2. The molecule has 2 aromatic carbocycles. The van der Waals surface area contributed by atoms with Crippen LogP contribution in [-0.4, -0.2) is 39.3 Å². The summed E-state index contributed by atoms with van der Waals surface area (Å²) in [7, 11) is 5.97. The quantitative estimate of drug-likeness (QED) is 0.601. The zero-order chi connectivity index (χ0) is 19.3. The van der Waals surface area contributed by atoms with Gasteiger partial charge in [-0.25, -0.2) is 0 Å². The summed E-state index contributed by atoms with van der Waals surface area (Å²) in [5, 5.41) is 9.90. The fraction of sp³-hybridized carbons (Fsp3) is 0.250. The summed E-state index contributed by atoms with van der Waals surface area (Å²) >= 11 is 0. The first-order valence-corrected chi connectivity index (χ1v) is 7.85. The van der Waals surface area contributed by atoms with E-state index in [0.29, 0.717) is 39.7 Å². The van der Waals surface area contributed by atoms with Gasteiger partial charge in [-0.3, -0.25) is 4.79 Å². The molecule has 2 rings (SSSR count). The van der Waals surface area contributed by atoms with Gasteiger partial charge in [0.05, 0.1) is 28.4 Å². The monoisotopic (exact) mass is 358 g/mol. The van der Waals surface area contributed by atoms with E-state index in [1.165, 1.54) is 34.5 Å². The van der Waals surface area contributed by atoms with E-state index in [2.05, 4.69) is 0 Å². The maximum atomic E-state index is 12.7. The van der Waals surface area contributed by atoms with E-state index in [9.17, 15) is 9.90 Å². The van der Waals surface area contributed by atoms with Crippen LogP contribution in [0.4, 0.5) is 0 Å². The van der Waals surface area contributed by atoms with Crippen LogP contribution < -0.4 is 18.9 Å². The van der Waals surface area contributed by atoms with Crippen LogP contribution in [0, 0.1) is 0 Å². The molecule has 0 heterocycles. The van der Waals surface area contributed by atoms with Crippen molar-refractivity contribution in [3.63, 3.8) is 0 Å². The predicted octanol–water partition coefficient (Wildman–Crippen LogP) is 3.71. The van der Waals surface area contributed by atoms with Crippen molar-refractivity contribution in [1.82, 2.24) is 0 Å². The van der Waals surface area contributed by atoms with Crippen LogP contribution >= 0.6 is 0 Å². The van der Waals surface area contributed by atoms with E-state index >= 15 is 0 Å². The molecule has 0 aromatic heterocycles. The molecule has 0 aliphatic heterocycles. The Kier molecular flexibility index (Phi) is 6.11. The van der Waals surface area contributed by atoms with Crippen molar-refractivity contribution in [2.45, 2.75) is 6.92 Å². The van der Waals surface area contributed by atoms with Crippen LogP contribution in [0.2, 0.25) is 0 Å². The molecule has 0 spiro atoms. The SMILES string of the molecule is COc1ccc(/C(C)=C/C(=O)c2cc(OC)c(OC)c(OC)c2)cc1O. The largest absolute Gasteiger partial charge is 0.504 e. The number of hydrogen-bond donors (Lipinski definition) is 1. The Morgan fingerprint density at radius 3 is 1.88 bits per heavy atom. The first kappa shape index (κ1) is 19.2. The maximum Gasteiger partial charge on any atom is 0.203 e. The van der Waals surface area contributed by atoms with Crippen molar-refractivity contribution in [2.75, 3.05) is 28.4 Å². The van der Waals surface area contributed by atoms with Crippen LogP contribution in [0.5, 0.6) is 28.7 Å². The standard InChI is InChI=1S/C20H22O6/c1-12(13-6-7-17(23-2)16(22)9-13)8-15(21)14-10-18(24-3)20(26-5)19(11-14)25-4/h6-11,22H,1-5H3/b12-8+. The van der Waals surface area contributed by atoms with Crippen molar-refractivity contribution < 1.29 is 28.8 Å². The first-order valence-electron chi connectivity index (χ1n) is 7.85. The van der Waals surface area contributed by atoms with Crippen LogP contribution in [0.15, 0.2) is 36.4 Å². The Bertz CT molecular complexity index is 813. The van der Waals surface area contributed by atoms with Crippen LogP contribution in [0.1, 0.15) is 22.8 Å². The Balaban J connectivity index is 2.39. The van der Waals surface area contributed by atoms with E-state index in [1.54, 1.807) is 37.3 Å². The lowest BCUT2D eigenvalue weighted by molar-refractivity contribution is 0.104. The fourth-order valence-electron chi connectivity index (χ4n) is 2.52. The van der Waals surface area contributed by atoms with E-state index in [-0.39, 0.29) is 11.5 Å². The van der Waals surface area contributed by atoms with Crippen molar-refractivity contribution in [2.24, 2.45) is 0 Å². The summed E-state index contributed by atoms with van der Waals surface area (Å²) in [6, 6.07) is 8.16. The Labute approximate surface area is 152 Å². The molecule has 0 fully saturated rings. The van der Waals surface area contributed by atoms with E-state index in [4.69, 9.17) is 18.9 Å². The second-order valence-corrected chi connectivity index (χ2v) is 5.49. The number of rotatable bonds is 7. The van der Waals surface area contributed by atoms with Gasteiger partial charge in [0.1, 0.15) is 0 Å². The average molecular weight is 358 g/mol. The van der Waals surface area contributed by atoms with Crippen LogP contribution in [0.25, 0.3) is 5.57 Å². The second kappa shape index (κ2) is 8.29. The Morgan fingerprint density at radius 1 is 0.846 bits per heavy atom. The normalized spacial score (nSPS) is 11.0. The Hall–Kier alpha value is -3.15. The van der Waals surface area contributed by atoms with Gasteiger partial charge in [-0.2, -0.15) is 0 Å². The zero-order valence-electron chi connectivity index (χ0n) is 15.5. The van der Waals surface area contributed by atoms with Crippen molar-refractivity contribution in [3.05, 3.63) is 47.5 Å². The third kappa shape index (κ3) is 3.91. The van der Waals surface area contributed by atoms with Crippen LogP contribution in [0.3, 0.4) is 0 Å². The molecule has 0 saturated heterocycles. The van der Waals surface area contributed by atoms with Crippen molar-refractivity contribution in [1.29, 1.82) is 0 Å². The molecule has 0 saturated carbocycles. The molecular formula is C20H22O6. The topological polar surface area (TPSA) is 74.2 Å². The van der Waals surface area contributed by atoms with Gasteiger partial charge in [-0.05, 0) is 48.4 Å². The van der Waals surface area contributed by atoms with E-state index < -0.39 is 0 Å². The molecule has 1 N–H and O–H groups in total. The fourth-order valence-corrected chi connectivity index (χ4v) is 2.52. The molecular weight excluding hydrogens is 336 g/mol. The number of carbonyl (C=O) groups excluding carboxylic acids is 1. The van der Waals surface area contributed by atoms with Crippen molar-refractivity contribution in [3.8, 4) is 28.7 Å². The molecule has 0 radical (unpaired) electrons. The lowest BCUT2D eigenvalue weighted by Gasteiger charge is -2.13. The molecule has 0 aliphatic rings. The zero-order valence-corrected chi connectivity index (χ0v) is 15.5. The molecule has 138 valence electrons. The molecule has 0 atom stereocenters. The summed E-state index contributed by atoms with van der Waals surface area (Å²) < 4.78 is 20.8. The van der Waals surface area contributed by atoms with E-state index in [0.717, 1.165) is 0 Å². The third-order valence-corrected chi connectivity index (χ3v) is 3.93. The summed E-state index contributed by atoms with van der Waals surface area (Å²) in [5.41, 5.74) is 1.81. The summed E-state index contributed by atoms with van der Waals surface area (Å²) in [5.74, 6) is 1.39. The summed E-state index contributed by atoms with van der Waals surface area (Å²) in [6.45, 7) is 1.79. The van der Waals surface area contributed by atoms with Crippen LogP contribution in [-0.2, 0) is 0 Å². The molecule has 2 aromatic rings. The van der Waals surface area contributed by atoms with Gasteiger partial charge in [-0.15, -0.1) is 0 Å². The van der Waals surface area contributed by atoms with Gasteiger partial charge >= 0.3 is 0 Å². The molecule has 6 nitrogen and oxygen atoms in total. The number of carbonyl (C=O) groups is 1. The maximum absolute atomic E-state index is 12.7. The molecule has 26 heavy (non-hydrogen) atoms. The number of methoxy groups -OCH3 is 4. The van der Waals surface area contributed by atoms with E-state index in [1.807, 2.05) is 0 Å². The highest BCUT2D eigenvalue weighted by Gasteiger charge is 2.16. The van der Waals surface area contributed by atoms with Gasteiger partial charge in [0.2, 0.25) is 5.75 Å². The third-order valence-electron chi connectivity index (χ3n) is 3.93. The van der Waals surface area contributed by atoms with Crippen molar-refractivity contribution >= 4 is 11.4 Å². The second-order valence-electron chi connectivity index (χ2n) is 5.49. The molecule has 0 amide bonds. The van der Waals surface area contributed by atoms with Gasteiger partial charge in [0, 0.05) is 5.56 Å². The number of benzene rings is 2. The summed E-state index contributed by atoms with van der Waals surface area (Å²) in [6.07, 6.45) is 1.49. The van der Waals surface area contributed by atoms with Gasteiger partial charge in [0.25, 0.3) is 0 Å². The molecule has 0 unspecified atom stereocenters. The average Bonchev–Trinajstić information content (AvgIpc) is 2.66. The molecule has 0 aliphatic carbocycles. The number of aromatic hydroxyl groups is 1. The summed E-state index contributed by atoms with van der Waals surface area (Å²) in [4.78, 5) is 12.7. The molecule has 0 bridgehead atoms.